The summed E-state index contributed by atoms with van der Waals surface area (Å²) in [7, 11) is 0. The van der Waals surface area contributed by atoms with Crippen LogP contribution in [0, 0.1) is 0 Å². The molecule has 0 bridgehead atoms. The summed E-state index contributed by atoms with van der Waals surface area (Å²) in [5, 5.41) is 6.14. The van der Waals surface area contributed by atoms with Gasteiger partial charge in [0.1, 0.15) is 17.0 Å². The number of furan rings is 1. The number of ether oxygens (including phenoxy) is 1. The average molecular weight is 590 g/mol. The number of amides is 1. The van der Waals surface area contributed by atoms with Gasteiger partial charge < -0.3 is 18.6 Å². The molecule has 1 atom stereocenters. The van der Waals surface area contributed by atoms with E-state index in [1.165, 1.54) is 0 Å². The van der Waals surface area contributed by atoms with Gasteiger partial charge in [-0.1, -0.05) is 34.4 Å². The fourth-order valence-corrected chi connectivity index (χ4v) is 5.83. The first-order chi connectivity index (χ1) is 18.9. The minimum Gasteiger partial charge on any atom is -0.451 e. The zero-order valence-corrected chi connectivity index (χ0v) is 23.0. The molecule has 9 nitrogen and oxygen atoms in total. The molecule has 2 aliphatic rings. The molecule has 1 saturated carbocycles. The summed E-state index contributed by atoms with van der Waals surface area (Å²) in [6, 6.07) is 12.6. The third-order valence-corrected chi connectivity index (χ3v) is 8.13. The fraction of sp³-hybridized carbons (Fsp3) is 0.333. The summed E-state index contributed by atoms with van der Waals surface area (Å²) >= 11 is 10.5. The smallest absolute Gasteiger partial charge is 0.300 e. The van der Waals surface area contributed by atoms with E-state index >= 15 is 0 Å². The number of halogens is 2. The molecule has 3 heterocycles. The van der Waals surface area contributed by atoms with Crippen LogP contribution >= 0.6 is 23.2 Å². The van der Waals surface area contributed by atoms with Gasteiger partial charge in [-0.3, -0.25) is 9.35 Å². The van der Waals surface area contributed by atoms with E-state index in [4.69, 9.17) is 41.4 Å². The first-order valence-electron chi connectivity index (χ1n) is 12.6. The Morgan fingerprint density at radius 2 is 1.87 bits per heavy atom. The summed E-state index contributed by atoms with van der Waals surface area (Å²) in [5.41, 5.74) is 3.78. The van der Waals surface area contributed by atoms with Crippen molar-refractivity contribution >= 4 is 57.0 Å². The number of hydrogen-bond donors (Lipinski definition) is 2. The zero-order valence-electron chi connectivity index (χ0n) is 20.7. The zero-order chi connectivity index (χ0) is 27.1. The fourth-order valence-electron chi connectivity index (χ4n) is 5.00. The third kappa shape index (κ3) is 5.57. The number of carbonyl (C=O) groups excluding carboxylic acids is 1. The Labute approximate surface area is 236 Å². The van der Waals surface area contributed by atoms with E-state index in [9.17, 15) is 9.00 Å². The van der Waals surface area contributed by atoms with Crippen LogP contribution in [0.2, 0.25) is 10.0 Å². The molecule has 0 spiro atoms. The van der Waals surface area contributed by atoms with Crippen LogP contribution < -0.4 is 9.62 Å². The van der Waals surface area contributed by atoms with Crippen LogP contribution in [0.5, 0.6) is 0 Å². The van der Waals surface area contributed by atoms with Crippen molar-refractivity contribution in [2.75, 3.05) is 18.0 Å². The van der Waals surface area contributed by atoms with Crippen molar-refractivity contribution in [3.05, 3.63) is 69.6 Å². The molecule has 204 valence electrons. The highest BCUT2D eigenvalue weighted by Gasteiger charge is 2.34. The van der Waals surface area contributed by atoms with Gasteiger partial charge in [0.05, 0.1) is 22.8 Å². The van der Waals surface area contributed by atoms with Crippen molar-refractivity contribution in [2.45, 2.75) is 44.3 Å². The van der Waals surface area contributed by atoms with Crippen molar-refractivity contribution < 1.29 is 27.2 Å². The van der Waals surface area contributed by atoms with Gasteiger partial charge in [-0.15, -0.1) is 0 Å². The SMILES string of the molecule is O=C(NS(=O)O)c1cc2cc(N3CCC(OCc4c(-c5c(Cl)cccc5Cl)noc4C4CC4)CC3)ccc2o1. The summed E-state index contributed by atoms with van der Waals surface area (Å²) in [5.74, 6) is 0.464. The molecule has 1 saturated heterocycles. The van der Waals surface area contributed by atoms with E-state index < -0.39 is 17.2 Å². The maximum absolute atomic E-state index is 12.0. The molecule has 1 aliphatic carbocycles. The summed E-state index contributed by atoms with van der Waals surface area (Å²) < 4.78 is 39.3. The molecule has 1 aliphatic heterocycles. The minimum absolute atomic E-state index is 0.0200. The highest BCUT2D eigenvalue weighted by atomic mass is 35.5. The lowest BCUT2D eigenvalue weighted by atomic mass is 10.0. The number of rotatable bonds is 8. The Morgan fingerprint density at radius 3 is 2.56 bits per heavy atom. The van der Waals surface area contributed by atoms with Crippen LogP contribution in [0.4, 0.5) is 5.69 Å². The first-order valence-corrected chi connectivity index (χ1v) is 14.5. The normalized spacial score (nSPS) is 17.1. The monoisotopic (exact) mass is 589 g/mol. The Kier molecular flexibility index (Phi) is 7.39. The first kappa shape index (κ1) is 26.3. The van der Waals surface area contributed by atoms with Gasteiger partial charge in [-0.05, 0) is 62.1 Å². The molecule has 2 fully saturated rings. The number of nitrogens with zero attached hydrogens (tertiary/aromatic N) is 2. The Hall–Kier alpha value is -2.89. The Bertz CT molecular complexity index is 1540. The maximum atomic E-state index is 12.0. The lowest BCUT2D eigenvalue weighted by Crippen LogP contribution is -2.37. The molecule has 2 N–H and O–H groups in total. The quantitative estimate of drug-likeness (QED) is 0.229. The average Bonchev–Trinajstić information content (AvgIpc) is 3.53. The van der Waals surface area contributed by atoms with Crippen molar-refractivity contribution in [3.8, 4) is 11.3 Å². The van der Waals surface area contributed by atoms with Crippen molar-refractivity contribution in [2.24, 2.45) is 0 Å². The second-order valence-corrected chi connectivity index (χ2v) is 11.3. The van der Waals surface area contributed by atoms with Gasteiger partial charge in [0.2, 0.25) is 0 Å². The summed E-state index contributed by atoms with van der Waals surface area (Å²) in [6.07, 6.45) is 3.90. The van der Waals surface area contributed by atoms with Crippen LogP contribution in [0.25, 0.3) is 22.2 Å². The van der Waals surface area contributed by atoms with E-state index in [-0.39, 0.29) is 11.9 Å². The van der Waals surface area contributed by atoms with Gasteiger partial charge in [0.25, 0.3) is 17.2 Å². The number of aromatic nitrogens is 1. The number of hydrogen-bond acceptors (Lipinski definition) is 7. The lowest BCUT2D eigenvalue weighted by molar-refractivity contribution is 0.0246. The molecule has 2 aromatic heterocycles. The topological polar surface area (TPSA) is 118 Å². The lowest BCUT2D eigenvalue weighted by Gasteiger charge is -2.33. The summed E-state index contributed by atoms with van der Waals surface area (Å²) in [6.45, 7) is 1.97. The second kappa shape index (κ2) is 10.9. The molecular weight excluding hydrogens is 565 g/mol. The van der Waals surface area contributed by atoms with Gasteiger partial charge in [0.15, 0.2) is 5.76 Å². The summed E-state index contributed by atoms with van der Waals surface area (Å²) in [4.78, 5) is 14.2. The van der Waals surface area contributed by atoms with Crippen LogP contribution in [0.3, 0.4) is 0 Å². The van der Waals surface area contributed by atoms with E-state index in [2.05, 4.69) is 10.1 Å². The van der Waals surface area contributed by atoms with Gasteiger partial charge >= 0.3 is 0 Å². The molecule has 12 heteroatoms. The number of nitrogens with one attached hydrogen (secondary N) is 1. The number of anilines is 1. The molecule has 2 aromatic carbocycles. The molecule has 1 unspecified atom stereocenters. The van der Waals surface area contributed by atoms with E-state index in [1.807, 2.05) is 16.9 Å². The van der Waals surface area contributed by atoms with E-state index in [0.717, 1.165) is 61.2 Å². The van der Waals surface area contributed by atoms with Crippen LogP contribution in [0.15, 0.2) is 51.4 Å². The number of benzene rings is 2. The standard InChI is InChI=1S/C27H25Cl2N3O6S/c28-20-2-1-3-21(29)24(20)25-19(26(38-30-25)15-4-5-15)14-36-18-8-10-32(11-9-18)17-6-7-22-16(12-17)13-23(37-22)27(33)31-39(34)35/h1-3,6-7,12-13,15,18H,4-5,8-11,14H2,(H,31,33)(H,34,35). The van der Waals surface area contributed by atoms with Gasteiger partial charge in [-0.25, -0.2) is 8.93 Å². The molecule has 39 heavy (non-hydrogen) atoms. The highest BCUT2D eigenvalue weighted by molar-refractivity contribution is 7.77. The van der Waals surface area contributed by atoms with Gasteiger partial charge in [-0.2, -0.15) is 0 Å². The van der Waals surface area contributed by atoms with E-state index in [0.29, 0.717) is 39.4 Å². The Balaban J connectivity index is 1.12. The molecule has 6 rings (SSSR count). The number of piperidine rings is 1. The van der Waals surface area contributed by atoms with E-state index in [1.54, 1.807) is 30.3 Å². The van der Waals surface area contributed by atoms with Crippen molar-refractivity contribution in [1.29, 1.82) is 0 Å². The number of carbonyl (C=O) groups is 1. The Morgan fingerprint density at radius 1 is 1.13 bits per heavy atom. The van der Waals surface area contributed by atoms with Crippen LogP contribution in [-0.4, -0.2) is 39.0 Å². The largest absolute Gasteiger partial charge is 0.451 e. The highest BCUT2D eigenvalue weighted by Crippen LogP contribution is 2.46. The minimum atomic E-state index is -2.46. The third-order valence-electron chi connectivity index (χ3n) is 7.14. The van der Waals surface area contributed by atoms with Crippen LogP contribution in [-0.2, 0) is 22.6 Å². The van der Waals surface area contributed by atoms with Crippen molar-refractivity contribution in [3.63, 3.8) is 0 Å². The molecular formula is C27H25Cl2N3O6S. The van der Waals surface area contributed by atoms with Gasteiger partial charge in [0, 0.05) is 41.2 Å². The molecule has 1 amide bonds. The number of fused-ring (bicyclic) bond motifs is 1. The van der Waals surface area contributed by atoms with Crippen LogP contribution in [0.1, 0.15) is 53.5 Å². The second-order valence-electron chi connectivity index (χ2n) is 9.76. The predicted octanol–water partition coefficient (Wildman–Crippen LogP) is 6.32. The molecule has 4 aromatic rings. The van der Waals surface area contributed by atoms with Crippen molar-refractivity contribution in [1.82, 2.24) is 9.88 Å². The predicted molar refractivity (Wildman–Crippen MR) is 148 cm³/mol. The maximum Gasteiger partial charge on any atom is 0.300 e. The molecule has 0 radical (unpaired) electrons.